The molecule has 3 nitrogen and oxygen atoms in total. The van der Waals surface area contributed by atoms with E-state index in [0.29, 0.717) is 12.0 Å². The first-order valence-corrected chi connectivity index (χ1v) is 8.66. The molecular weight excluding hydrogens is 272 g/mol. The molecule has 0 unspecified atom stereocenters. The van der Waals surface area contributed by atoms with Crippen molar-refractivity contribution in [3.8, 4) is 0 Å². The molecule has 1 aliphatic heterocycles. The molecule has 2 N–H and O–H groups in total. The average molecular weight is 302 g/mol. The molecule has 1 aromatic rings. The Morgan fingerprint density at radius 2 is 2.05 bits per heavy atom. The molecule has 1 heterocycles. The number of rotatable bonds is 6. The van der Waals surface area contributed by atoms with Gasteiger partial charge in [0.2, 0.25) is 5.91 Å². The zero-order chi connectivity index (χ0) is 15.9. The van der Waals surface area contributed by atoms with Gasteiger partial charge in [0.1, 0.15) is 0 Å². The molecule has 1 amide bonds. The van der Waals surface area contributed by atoms with E-state index in [4.69, 9.17) is 0 Å². The minimum Gasteiger partial charge on any atom is -0.356 e. The van der Waals surface area contributed by atoms with Gasteiger partial charge >= 0.3 is 0 Å². The average Bonchev–Trinajstić information content (AvgIpc) is 2.51. The number of piperidine rings is 1. The summed E-state index contributed by atoms with van der Waals surface area (Å²) in [5.41, 5.74) is 2.74. The van der Waals surface area contributed by atoms with Gasteiger partial charge in [-0.2, -0.15) is 0 Å². The van der Waals surface area contributed by atoms with Gasteiger partial charge in [-0.1, -0.05) is 38.1 Å². The van der Waals surface area contributed by atoms with Crippen LogP contribution < -0.4 is 10.6 Å². The van der Waals surface area contributed by atoms with Crippen LogP contribution in [0.2, 0.25) is 0 Å². The first-order chi connectivity index (χ1) is 10.6. The summed E-state index contributed by atoms with van der Waals surface area (Å²) in [6.45, 7) is 8.32. The molecule has 0 radical (unpaired) electrons. The number of benzene rings is 1. The fourth-order valence-corrected chi connectivity index (χ4v) is 3.09. The Balaban J connectivity index is 1.67. The first-order valence-electron chi connectivity index (χ1n) is 8.66. The second-order valence-corrected chi connectivity index (χ2v) is 6.87. The van der Waals surface area contributed by atoms with E-state index in [2.05, 4.69) is 55.7 Å². The van der Waals surface area contributed by atoms with E-state index in [1.54, 1.807) is 0 Å². The van der Waals surface area contributed by atoms with Gasteiger partial charge in [0.25, 0.3) is 0 Å². The maximum Gasteiger partial charge on any atom is 0.223 e. The van der Waals surface area contributed by atoms with Crippen molar-refractivity contribution in [2.75, 3.05) is 13.1 Å². The smallest absolute Gasteiger partial charge is 0.223 e. The minimum atomic E-state index is 0.196. The highest BCUT2D eigenvalue weighted by atomic mass is 16.1. The van der Waals surface area contributed by atoms with E-state index < -0.39 is 0 Å². The standard InChI is InChI=1S/C19H30N2O/c1-14(2)17-8-6-16(7-9-17)5-4-11-21-19(22)18-10-12-20-15(3)13-18/h6-9,14-15,18,20H,4-5,10-13H2,1-3H3,(H,21,22)/t15-,18-/m0/s1. The van der Waals surface area contributed by atoms with Crippen molar-refractivity contribution in [3.63, 3.8) is 0 Å². The maximum atomic E-state index is 12.1. The Labute approximate surface area is 134 Å². The van der Waals surface area contributed by atoms with Crippen LogP contribution in [-0.2, 0) is 11.2 Å². The molecule has 0 saturated carbocycles. The number of nitrogens with one attached hydrogen (secondary N) is 2. The monoisotopic (exact) mass is 302 g/mol. The lowest BCUT2D eigenvalue weighted by atomic mass is 9.92. The summed E-state index contributed by atoms with van der Waals surface area (Å²) in [5.74, 6) is 1.02. The fourth-order valence-electron chi connectivity index (χ4n) is 3.09. The summed E-state index contributed by atoms with van der Waals surface area (Å²) >= 11 is 0. The number of hydrogen-bond acceptors (Lipinski definition) is 2. The second kappa shape index (κ2) is 8.33. The van der Waals surface area contributed by atoms with Gasteiger partial charge in [0.05, 0.1) is 0 Å². The number of hydrogen-bond donors (Lipinski definition) is 2. The Hall–Kier alpha value is -1.35. The molecule has 122 valence electrons. The molecule has 1 fully saturated rings. The molecule has 2 atom stereocenters. The lowest BCUT2D eigenvalue weighted by molar-refractivity contribution is -0.126. The van der Waals surface area contributed by atoms with Crippen LogP contribution in [0.4, 0.5) is 0 Å². The normalized spacial score (nSPS) is 21.8. The quantitative estimate of drug-likeness (QED) is 0.792. The molecule has 0 spiro atoms. The molecule has 3 heteroatoms. The predicted octanol–water partition coefficient (Wildman–Crippen LogP) is 3.25. The van der Waals surface area contributed by atoms with Gasteiger partial charge in [0, 0.05) is 18.5 Å². The predicted molar refractivity (Wildman–Crippen MR) is 92.1 cm³/mol. The molecule has 1 aliphatic rings. The Bertz CT molecular complexity index is 467. The Morgan fingerprint density at radius 1 is 1.32 bits per heavy atom. The number of amides is 1. The molecular formula is C19H30N2O. The van der Waals surface area contributed by atoms with Crippen LogP contribution in [0.5, 0.6) is 0 Å². The lowest BCUT2D eigenvalue weighted by Crippen LogP contribution is -2.42. The molecule has 1 saturated heterocycles. The van der Waals surface area contributed by atoms with Crippen molar-refractivity contribution in [3.05, 3.63) is 35.4 Å². The number of aryl methyl sites for hydroxylation is 1. The number of carbonyl (C=O) groups excluding carboxylic acids is 1. The van der Waals surface area contributed by atoms with Crippen LogP contribution in [-0.4, -0.2) is 25.0 Å². The van der Waals surface area contributed by atoms with E-state index >= 15 is 0 Å². The molecule has 0 aliphatic carbocycles. The van der Waals surface area contributed by atoms with E-state index in [-0.39, 0.29) is 11.8 Å². The summed E-state index contributed by atoms with van der Waals surface area (Å²) in [6.07, 6.45) is 3.96. The second-order valence-electron chi connectivity index (χ2n) is 6.87. The van der Waals surface area contributed by atoms with Crippen LogP contribution in [0.15, 0.2) is 24.3 Å². The van der Waals surface area contributed by atoms with Gasteiger partial charge in [-0.25, -0.2) is 0 Å². The molecule has 2 rings (SSSR count). The highest BCUT2D eigenvalue weighted by Crippen LogP contribution is 2.17. The van der Waals surface area contributed by atoms with Crippen molar-refractivity contribution in [2.45, 2.75) is 58.4 Å². The SMILES string of the molecule is CC(C)c1ccc(CCCNC(=O)[C@H]2CCN[C@@H](C)C2)cc1. The molecule has 0 aromatic heterocycles. The summed E-state index contributed by atoms with van der Waals surface area (Å²) in [6, 6.07) is 9.32. The molecule has 1 aromatic carbocycles. The zero-order valence-electron chi connectivity index (χ0n) is 14.2. The third kappa shape index (κ3) is 5.13. The van der Waals surface area contributed by atoms with E-state index in [0.717, 1.165) is 38.8 Å². The Kier molecular flexibility index (Phi) is 6.44. The first kappa shape index (κ1) is 17.0. The maximum absolute atomic E-state index is 12.1. The third-order valence-electron chi connectivity index (χ3n) is 4.58. The van der Waals surface area contributed by atoms with Crippen LogP contribution in [0.25, 0.3) is 0 Å². The minimum absolute atomic E-state index is 0.196. The van der Waals surface area contributed by atoms with Gasteiger partial charge in [-0.15, -0.1) is 0 Å². The summed E-state index contributed by atoms with van der Waals surface area (Å²) < 4.78 is 0. The van der Waals surface area contributed by atoms with Crippen LogP contribution in [0.1, 0.15) is 57.1 Å². The zero-order valence-corrected chi connectivity index (χ0v) is 14.2. The van der Waals surface area contributed by atoms with Crippen LogP contribution >= 0.6 is 0 Å². The highest BCUT2D eigenvalue weighted by Gasteiger charge is 2.24. The van der Waals surface area contributed by atoms with Gasteiger partial charge < -0.3 is 10.6 Å². The summed E-state index contributed by atoms with van der Waals surface area (Å²) in [7, 11) is 0. The van der Waals surface area contributed by atoms with Crippen molar-refractivity contribution < 1.29 is 4.79 Å². The van der Waals surface area contributed by atoms with Crippen LogP contribution in [0.3, 0.4) is 0 Å². The van der Waals surface area contributed by atoms with E-state index in [1.807, 2.05) is 0 Å². The lowest BCUT2D eigenvalue weighted by Gasteiger charge is -2.27. The highest BCUT2D eigenvalue weighted by molar-refractivity contribution is 5.78. The summed E-state index contributed by atoms with van der Waals surface area (Å²) in [4.78, 5) is 12.1. The van der Waals surface area contributed by atoms with Gasteiger partial charge in [0.15, 0.2) is 0 Å². The van der Waals surface area contributed by atoms with Crippen molar-refractivity contribution in [2.24, 2.45) is 5.92 Å². The van der Waals surface area contributed by atoms with E-state index in [9.17, 15) is 4.79 Å². The van der Waals surface area contributed by atoms with Crippen molar-refractivity contribution in [1.82, 2.24) is 10.6 Å². The third-order valence-corrected chi connectivity index (χ3v) is 4.58. The molecule has 0 bridgehead atoms. The van der Waals surface area contributed by atoms with Crippen molar-refractivity contribution in [1.29, 1.82) is 0 Å². The fraction of sp³-hybridized carbons (Fsp3) is 0.632. The van der Waals surface area contributed by atoms with E-state index in [1.165, 1.54) is 11.1 Å². The van der Waals surface area contributed by atoms with Gasteiger partial charge in [-0.3, -0.25) is 4.79 Å². The largest absolute Gasteiger partial charge is 0.356 e. The van der Waals surface area contributed by atoms with Crippen LogP contribution in [0, 0.1) is 5.92 Å². The Morgan fingerprint density at radius 3 is 2.68 bits per heavy atom. The van der Waals surface area contributed by atoms with Gasteiger partial charge in [-0.05, 0) is 56.2 Å². The number of carbonyl (C=O) groups is 1. The molecule has 22 heavy (non-hydrogen) atoms. The van der Waals surface area contributed by atoms with Crippen molar-refractivity contribution >= 4 is 5.91 Å². The topological polar surface area (TPSA) is 41.1 Å². The summed E-state index contributed by atoms with van der Waals surface area (Å²) in [5, 5.41) is 6.49.